The number of para-hydroxylation sites is 2. The Balaban J connectivity index is 0.000000265. The zero-order valence-electron chi connectivity index (χ0n) is 28.2. The standard InChI is InChI=1S/C35H25N2O.C11H8N.Ir/c1-23-9-8-10-24(2)34(23)27-17-20-33-29(21-27)30(22-38-33)35-36-31-13-6-7-14-32(31)37(35)28-18-15-26(16-19-28)25-11-4-3-5-12-25;1-2-6-10(7-3-1)11-8-4-5-9-12-11;/h3-21H,1-2H3;1-6,8-9H;/q2*-1;. The summed E-state index contributed by atoms with van der Waals surface area (Å²) in [4.78, 5) is 9.29. The van der Waals surface area contributed by atoms with Gasteiger partial charge in [0.2, 0.25) is 0 Å². The molecule has 6 aromatic carbocycles. The van der Waals surface area contributed by atoms with E-state index in [0.717, 1.165) is 50.3 Å². The van der Waals surface area contributed by atoms with E-state index in [1.54, 1.807) is 6.20 Å². The van der Waals surface area contributed by atoms with Crippen molar-refractivity contribution >= 4 is 22.0 Å². The Kier molecular flexibility index (Phi) is 9.85. The normalized spacial score (nSPS) is 10.8. The van der Waals surface area contributed by atoms with Gasteiger partial charge in [-0.05, 0) is 83.3 Å². The average molecular weight is 836 g/mol. The third-order valence-corrected chi connectivity index (χ3v) is 8.95. The van der Waals surface area contributed by atoms with Crippen molar-refractivity contribution in [3.05, 3.63) is 187 Å². The minimum atomic E-state index is 0. The van der Waals surface area contributed by atoms with E-state index in [4.69, 9.17) is 9.40 Å². The molecule has 0 N–H and O–H groups in total. The van der Waals surface area contributed by atoms with Gasteiger partial charge in [0.05, 0.1) is 16.9 Å². The summed E-state index contributed by atoms with van der Waals surface area (Å²) in [6.07, 6.45) is 4.98. The molecular weight excluding hydrogens is 803 g/mol. The van der Waals surface area contributed by atoms with Crippen LogP contribution >= 0.6 is 0 Å². The maximum atomic E-state index is 5.94. The largest absolute Gasteiger partial charge is 0.557 e. The van der Waals surface area contributed by atoms with Crippen molar-refractivity contribution in [3.63, 3.8) is 0 Å². The maximum absolute atomic E-state index is 5.94. The molecule has 0 aliphatic rings. The number of furan rings is 1. The summed E-state index contributed by atoms with van der Waals surface area (Å²) in [5.41, 5.74) is 14.0. The van der Waals surface area contributed by atoms with Gasteiger partial charge in [-0.15, -0.1) is 35.9 Å². The molecule has 1 radical (unpaired) electrons. The summed E-state index contributed by atoms with van der Waals surface area (Å²) in [5, 5.41) is 1.00. The number of nitrogens with zero attached hydrogens (tertiary/aromatic N) is 3. The summed E-state index contributed by atoms with van der Waals surface area (Å²) >= 11 is 0. The molecule has 9 rings (SSSR count). The van der Waals surface area contributed by atoms with Crippen LogP contribution in [-0.4, -0.2) is 14.5 Å². The maximum Gasteiger partial charge on any atom is 0.0774 e. The summed E-state index contributed by atoms with van der Waals surface area (Å²) in [5.74, 6) is 0.816. The van der Waals surface area contributed by atoms with Gasteiger partial charge in [0.25, 0.3) is 0 Å². The fourth-order valence-corrected chi connectivity index (χ4v) is 6.53. The molecule has 4 nitrogen and oxygen atoms in total. The number of rotatable bonds is 5. The number of imidazole rings is 1. The van der Waals surface area contributed by atoms with Crippen LogP contribution in [0.3, 0.4) is 0 Å². The van der Waals surface area contributed by atoms with Gasteiger partial charge in [0.15, 0.2) is 0 Å². The molecule has 0 unspecified atom stereocenters. The van der Waals surface area contributed by atoms with E-state index >= 15 is 0 Å². The number of hydrogen-bond donors (Lipinski definition) is 0. The second kappa shape index (κ2) is 14.9. The molecule has 0 atom stereocenters. The Morgan fingerprint density at radius 2 is 1.33 bits per heavy atom. The first-order valence-electron chi connectivity index (χ1n) is 16.7. The van der Waals surface area contributed by atoms with E-state index in [0.29, 0.717) is 0 Å². The Labute approximate surface area is 311 Å². The minimum absolute atomic E-state index is 0. The van der Waals surface area contributed by atoms with Crippen molar-refractivity contribution in [1.29, 1.82) is 0 Å². The molecule has 0 saturated carbocycles. The van der Waals surface area contributed by atoms with Gasteiger partial charge in [-0.25, -0.2) is 0 Å². The van der Waals surface area contributed by atoms with Gasteiger partial charge in [-0.1, -0.05) is 114 Å². The zero-order chi connectivity index (χ0) is 33.9. The second-order valence-electron chi connectivity index (χ2n) is 12.2. The quantitative estimate of drug-likeness (QED) is 0.162. The molecule has 5 heteroatoms. The van der Waals surface area contributed by atoms with E-state index in [2.05, 4.69) is 133 Å². The molecule has 0 amide bonds. The third kappa shape index (κ3) is 6.82. The van der Waals surface area contributed by atoms with Gasteiger partial charge >= 0.3 is 0 Å². The van der Waals surface area contributed by atoms with Crippen LogP contribution in [0.4, 0.5) is 0 Å². The molecule has 0 fully saturated rings. The number of aryl methyl sites for hydroxylation is 2. The van der Waals surface area contributed by atoms with Crippen molar-refractivity contribution in [2.45, 2.75) is 13.8 Å². The van der Waals surface area contributed by atoms with Crippen LogP contribution in [0.25, 0.3) is 72.6 Å². The monoisotopic (exact) mass is 836 g/mol. The molecule has 9 aromatic rings. The summed E-state index contributed by atoms with van der Waals surface area (Å²) in [6.45, 7) is 4.32. The fourth-order valence-electron chi connectivity index (χ4n) is 6.53. The molecule has 0 spiro atoms. The van der Waals surface area contributed by atoms with Gasteiger partial charge in [0, 0.05) is 43.8 Å². The first-order valence-corrected chi connectivity index (χ1v) is 16.7. The van der Waals surface area contributed by atoms with Crippen LogP contribution in [0.15, 0.2) is 168 Å². The van der Waals surface area contributed by atoms with E-state index in [1.807, 2.05) is 60.7 Å². The molecule has 0 saturated heterocycles. The summed E-state index contributed by atoms with van der Waals surface area (Å²) in [6, 6.07) is 57.0. The van der Waals surface area contributed by atoms with Crippen LogP contribution in [0.2, 0.25) is 0 Å². The van der Waals surface area contributed by atoms with Gasteiger partial charge < -0.3 is 14.0 Å². The predicted molar refractivity (Wildman–Crippen MR) is 204 cm³/mol. The molecular formula is C46H33IrN3O-2. The number of fused-ring (bicyclic) bond motifs is 2. The van der Waals surface area contributed by atoms with Crippen LogP contribution < -0.4 is 0 Å². The van der Waals surface area contributed by atoms with Gasteiger partial charge in [-0.2, -0.15) is 0 Å². The van der Waals surface area contributed by atoms with E-state index < -0.39 is 0 Å². The Bertz CT molecular complexity index is 2480. The molecule has 249 valence electrons. The van der Waals surface area contributed by atoms with Crippen molar-refractivity contribution in [3.8, 4) is 50.6 Å². The molecule has 0 aliphatic heterocycles. The number of benzene rings is 6. The molecule has 0 bridgehead atoms. The second-order valence-corrected chi connectivity index (χ2v) is 12.2. The minimum Gasteiger partial charge on any atom is -0.557 e. The summed E-state index contributed by atoms with van der Waals surface area (Å²) < 4.78 is 8.15. The Morgan fingerprint density at radius 3 is 2.08 bits per heavy atom. The smallest absolute Gasteiger partial charge is 0.0774 e. The molecule has 3 aromatic heterocycles. The molecule has 51 heavy (non-hydrogen) atoms. The fraction of sp³-hybridized carbons (Fsp3) is 0.0435. The third-order valence-electron chi connectivity index (χ3n) is 8.95. The average Bonchev–Trinajstić information content (AvgIpc) is 3.78. The number of aromatic nitrogens is 3. The zero-order valence-corrected chi connectivity index (χ0v) is 30.6. The van der Waals surface area contributed by atoms with E-state index in [1.165, 1.54) is 33.4 Å². The first kappa shape index (κ1) is 33.6. The SMILES string of the molecule is Cc1cccc(C)c1-c1ccc2o[c-]c(-c3nc4ccccc4n3-c3ccc(-c4ccccc4)cc3)c2c1.[Ir].[c-]1ccccc1-c1ccccn1. The van der Waals surface area contributed by atoms with Crippen LogP contribution in [0.1, 0.15) is 11.1 Å². The van der Waals surface area contributed by atoms with Crippen molar-refractivity contribution < 1.29 is 24.5 Å². The topological polar surface area (TPSA) is 43.9 Å². The van der Waals surface area contributed by atoms with Crippen LogP contribution in [-0.2, 0) is 20.1 Å². The van der Waals surface area contributed by atoms with Gasteiger partial charge in [0.1, 0.15) is 0 Å². The number of hydrogen-bond acceptors (Lipinski definition) is 3. The van der Waals surface area contributed by atoms with Crippen molar-refractivity contribution in [1.82, 2.24) is 14.5 Å². The summed E-state index contributed by atoms with van der Waals surface area (Å²) in [7, 11) is 0. The Hall–Kier alpha value is -5.87. The molecule has 3 heterocycles. The van der Waals surface area contributed by atoms with E-state index in [-0.39, 0.29) is 20.1 Å². The Morgan fingerprint density at radius 1 is 0.627 bits per heavy atom. The number of pyridine rings is 1. The van der Waals surface area contributed by atoms with E-state index in [9.17, 15) is 0 Å². The predicted octanol–water partition coefficient (Wildman–Crippen LogP) is 11.7. The van der Waals surface area contributed by atoms with Gasteiger partial charge in [-0.3, -0.25) is 4.98 Å². The van der Waals surface area contributed by atoms with Crippen molar-refractivity contribution in [2.75, 3.05) is 0 Å². The molecule has 0 aliphatic carbocycles. The van der Waals surface area contributed by atoms with Crippen LogP contribution in [0, 0.1) is 26.2 Å². The van der Waals surface area contributed by atoms with Crippen molar-refractivity contribution in [2.24, 2.45) is 0 Å². The first-order chi connectivity index (χ1) is 24.6. The van der Waals surface area contributed by atoms with Crippen LogP contribution in [0.5, 0.6) is 0 Å².